The number of benzene rings is 2. The van der Waals surface area contributed by atoms with Crippen molar-refractivity contribution in [3.05, 3.63) is 89.3 Å². The van der Waals surface area contributed by atoms with Crippen LogP contribution >= 0.6 is 0 Å². The topological polar surface area (TPSA) is 108 Å². The number of carbonyl (C=O) groups excluding carboxylic acids is 2. The Bertz CT molecular complexity index is 1480. The van der Waals surface area contributed by atoms with Crippen molar-refractivity contribution in [3.8, 4) is 5.75 Å². The quantitative estimate of drug-likeness (QED) is 0.244. The van der Waals surface area contributed by atoms with E-state index in [2.05, 4.69) is 15.0 Å². The minimum absolute atomic E-state index is 0.0292. The molecule has 2 aromatic carbocycles. The Hall–Kier alpha value is -4.46. The van der Waals surface area contributed by atoms with E-state index in [0.29, 0.717) is 22.4 Å². The molecule has 1 atom stereocenters. The van der Waals surface area contributed by atoms with Gasteiger partial charge >= 0.3 is 5.91 Å². The normalized spacial score (nSPS) is 17.7. The first-order valence-electron chi connectivity index (χ1n) is 11.6. The Morgan fingerprint density at radius 3 is 2.53 bits per heavy atom. The Morgan fingerprint density at radius 2 is 1.86 bits per heavy atom. The monoisotopic (exact) mass is 482 g/mol. The zero-order valence-electron chi connectivity index (χ0n) is 20.4. The van der Waals surface area contributed by atoms with Crippen LogP contribution < -0.4 is 9.64 Å². The molecule has 4 aromatic rings. The van der Waals surface area contributed by atoms with Crippen molar-refractivity contribution in [2.75, 3.05) is 12.0 Å². The lowest BCUT2D eigenvalue weighted by Gasteiger charge is -2.24. The van der Waals surface area contributed by atoms with E-state index in [1.165, 1.54) is 4.90 Å². The number of hydrogen-bond donors (Lipinski definition) is 2. The van der Waals surface area contributed by atoms with Crippen LogP contribution in [0.2, 0.25) is 0 Å². The molecule has 1 unspecified atom stereocenters. The van der Waals surface area contributed by atoms with E-state index in [1.54, 1.807) is 49.8 Å². The maximum atomic E-state index is 13.4. The lowest BCUT2D eigenvalue weighted by molar-refractivity contribution is -0.132. The van der Waals surface area contributed by atoms with E-state index >= 15 is 0 Å². The van der Waals surface area contributed by atoms with Gasteiger partial charge in [0.2, 0.25) is 5.95 Å². The number of fused-ring (bicyclic) bond motifs is 1. The third-order valence-corrected chi connectivity index (χ3v) is 6.33. The number of aliphatic hydroxyl groups is 1. The molecule has 2 N–H and O–H groups in total. The van der Waals surface area contributed by atoms with Crippen LogP contribution in [-0.4, -0.2) is 38.9 Å². The van der Waals surface area contributed by atoms with Gasteiger partial charge in [-0.2, -0.15) is 0 Å². The standard InChI is InChI=1S/C28H26N4O4/c1-28(2,3)18-14-16(11-12-21(18)36-4)24(33)22-23(17-8-7-13-29-15-17)32(26(35)25(22)34)27-30-19-9-5-6-10-20(19)31-27/h5-15,23,33H,1-4H3,(H,30,31)/b24-22+. The number of Topliss-reactive ketones (excluding diaryl/α,β-unsaturated/α-hetero) is 1. The van der Waals surface area contributed by atoms with E-state index in [9.17, 15) is 14.7 Å². The summed E-state index contributed by atoms with van der Waals surface area (Å²) in [5.41, 5.74) is 2.91. The third-order valence-electron chi connectivity index (χ3n) is 6.33. The highest BCUT2D eigenvalue weighted by Gasteiger charge is 2.48. The smallest absolute Gasteiger partial charge is 0.302 e. The molecule has 1 amide bonds. The summed E-state index contributed by atoms with van der Waals surface area (Å²) in [6.07, 6.45) is 3.18. The van der Waals surface area contributed by atoms with Gasteiger partial charge in [0.1, 0.15) is 11.5 Å². The molecule has 0 radical (unpaired) electrons. The fourth-order valence-corrected chi connectivity index (χ4v) is 4.55. The number of pyridine rings is 1. The number of ether oxygens (including phenoxy) is 1. The molecule has 0 spiro atoms. The van der Waals surface area contributed by atoms with Crippen LogP contribution in [0.25, 0.3) is 16.8 Å². The predicted molar refractivity (Wildman–Crippen MR) is 137 cm³/mol. The molecular weight excluding hydrogens is 456 g/mol. The molecule has 2 aromatic heterocycles. The van der Waals surface area contributed by atoms with Crippen LogP contribution in [-0.2, 0) is 15.0 Å². The van der Waals surface area contributed by atoms with Gasteiger partial charge in [0, 0.05) is 23.5 Å². The number of para-hydroxylation sites is 2. The lowest BCUT2D eigenvalue weighted by Crippen LogP contribution is -2.30. The Labute approximate surface area is 208 Å². The maximum Gasteiger partial charge on any atom is 0.302 e. The van der Waals surface area contributed by atoms with E-state index in [4.69, 9.17) is 4.74 Å². The number of imidazole rings is 1. The summed E-state index contributed by atoms with van der Waals surface area (Å²) in [5, 5.41) is 11.5. The minimum Gasteiger partial charge on any atom is -0.507 e. The maximum absolute atomic E-state index is 13.4. The molecule has 1 aliphatic rings. The van der Waals surface area contributed by atoms with E-state index in [0.717, 1.165) is 11.1 Å². The van der Waals surface area contributed by atoms with Gasteiger partial charge < -0.3 is 14.8 Å². The van der Waals surface area contributed by atoms with Gasteiger partial charge in [0.15, 0.2) is 0 Å². The molecule has 0 aliphatic carbocycles. The van der Waals surface area contributed by atoms with Gasteiger partial charge in [0.05, 0.1) is 29.8 Å². The Morgan fingerprint density at radius 1 is 1.08 bits per heavy atom. The second-order valence-corrected chi connectivity index (χ2v) is 9.70. The second kappa shape index (κ2) is 8.64. The number of methoxy groups -OCH3 is 1. The molecule has 0 saturated carbocycles. The van der Waals surface area contributed by atoms with E-state index in [-0.39, 0.29) is 22.7 Å². The molecule has 8 nitrogen and oxygen atoms in total. The number of aromatic amines is 1. The number of aromatic nitrogens is 3. The highest BCUT2D eigenvalue weighted by Crippen LogP contribution is 2.42. The molecule has 182 valence electrons. The summed E-state index contributed by atoms with van der Waals surface area (Å²) in [6, 6.07) is 15.2. The molecule has 1 saturated heterocycles. The Balaban J connectivity index is 1.72. The van der Waals surface area contributed by atoms with Gasteiger partial charge in [-0.05, 0) is 47.4 Å². The van der Waals surface area contributed by atoms with Crippen molar-refractivity contribution in [1.82, 2.24) is 15.0 Å². The van der Waals surface area contributed by atoms with E-state index < -0.39 is 17.7 Å². The highest BCUT2D eigenvalue weighted by atomic mass is 16.5. The second-order valence-electron chi connectivity index (χ2n) is 9.70. The van der Waals surface area contributed by atoms with Crippen LogP contribution in [0.15, 0.2) is 72.6 Å². The Kier molecular flexibility index (Phi) is 5.59. The zero-order chi connectivity index (χ0) is 25.6. The summed E-state index contributed by atoms with van der Waals surface area (Å²) in [5.74, 6) is -0.959. The van der Waals surface area contributed by atoms with Gasteiger partial charge in [-0.15, -0.1) is 0 Å². The third kappa shape index (κ3) is 3.80. The summed E-state index contributed by atoms with van der Waals surface area (Å²) in [7, 11) is 1.59. The number of aliphatic hydroxyl groups excluding tert-OH is 1. The number of nitrogens with one attached hydrogen (secondary N) is 1. The summed E-state index contributed by atoms with van der Waals surface area (Å²) < 4.78 is 5.52. The van der Waals surface area contributed by atoms with Crippen molar-refractivity contribution in [3.63, 3.8) is 0 Å². The number of carbonyl (C=O) groups is 2. The van der Waals surface area contributed by atoms with Gasteiger partial charge in [-0.25, -0.2) is 4.98 Å². The van der Waals surface area contributed by atoms with Crippen molar-refractivity contribution in [2.24, 2.45) is 0 Å². The summed E-state index contributed by atoms with van der Waals surface area (Å²) >= 11 is 0. The van der Waals surface area contributed by atoms with Crippen molar-refractivity contribution in [2.45, 2.75) is 32.2 Å². The van der Waals surface area contributed by atoms with Gasteiger partial charge in [0.25, 0.3) is 5.78 Å². The minimum atomic E-state index is -0.917. The number of rotatable bonds is 4. The predicted octanol–water partition coefficient (Wildman–Crippen LogP) is 4.89. The van der Waals surface area contributed by atoms with Crippen LogP contribution in [0.5, 0.6) is 5.75 Å². The fourth-order valence-electron chi connectivity index (χ4n) is 4.55. The first kappa shape index (κ1) is 23.3. The summed E-state index contributed by atoms with van der Waals surface area (Å²) in [6.45, 7) is 6.10. The molecule has 1 aliphatic heterocycles. The van der Waals surface area contributed by atoms with E-state index in [1.807, 2.05) is 45.0 Å². The molecule has 1 fully saturated rings. The van der Waals surface area contributed by atoms with Gasteiger partial charge in [-0.3, -0.25) is 19.5 Å². The number of amides is 1. The molecule has 36 heavy (non-hydrogen) atoms. The highest BCUT2D eigenvalue weighted by molar-refractivity contribution is 6.51. The molecule has 5 rings (SSSR count). The molecule has 0 bridgehead atoms. The number of hydrogen-bond acceptors (Lipinski definition) is 6. The largest absolute Gasteiger partial charge is 0.507 e. The fraction of sp³-hybridized carbons (Fsp3) is 0.214. The van der Waals surface area contributed by atoms with Crippen molar-refractivity contribution < 1.29 is 19.4 Å². The number of H-pyrrole nitrogens is 1. The lowest BCUT2D eigenvalue weighted by atomic mass is 9.84. The van der Waals surface area contributed by atoms with Crippen LogP contribution in [0.1, 0.15) is 43.5 Å². The van der Waals surface area contributed by atoms with Crippen molar-refractivity contribution >= 4 is 34.4 Å². The molecule has 8 heteroatoms. The first-order chi connectivity index (χ1) is 17.2. The number of anilines is 1. The zero-order valence-corrected chi connectivity index (χ0v) is 20.4. The van der Waals surface area contributed by atoms with Crippen LogP contribution in [0.3, 0.4) is 0 Å². The first-order valence-corrected chi connectivity index (χ1v) is 11.6. The molecule has 3 heterocycles. The SMILES string of the molecule is COc1ccc(/C(O)=C2\C(=O)C(=O)N(c3nc4ccccc4[nH]3)C2c2cccnc2)cc1C(C)(C)C. The average Bonchev–Trinajstić information content (AvgIpc) is 3.41. The van der Waals surface area contributed by atoms with Crippen molar-refractivity contribution in [1.29, 1.82) is 0 Å². The summed E-state index contributed by atoms with van der Waals surface area (Å²) in [4.78, 5) is 39.9. The number of nitrogens with zero attached hydrogens (tertiary/aromatic N) is 3. The van der Waals surface area contributed by atoms with Crippen LogP contribution in [0.4, 0.5) is 5.95 Å². The average molecular weight is 483 g/mol. The molecular formula is C28H26N4O4. The van der Waals surface area contributed by atoms with Crippen LogP contribution in [0, 0.1) is 0 Å². The van der Waals surface area contributed by atoms with Gasteiger partial charge in [-0.1, -0.05) is 39.0 Å². The number of ketones is 1.